The SMILES string of the molecule is C[Si](C)(C)c1cnc(-c2[c-]cccc2)cc1-c1ccccc1.Cc1ccc2c(n1)oc1c(-c3cc(CC(C)C)ccn3)[c-]ccc12.[Ir]. The molecule has 0 saturated carbocycles. The van der Waals surface area contributed by atoms with Gasteiger partial charge in [-0.05, 0) is 65.2 Å². The molecule has 0 amide bonds. The van der Waals surface area contributed by atoms with Gasteiger partial charge in [-0.25, -0.2) is 4.98 Å². The molecule has 4 heterocycles. The molecular formula is C41H39IrN3OSi-2. The van der Waals surface area contributed by atoms with Crippen molar-refractivity contribution in [2.24, 2.45) is 5.92 Å². The van der Waals surface area contributed by atoms with E-state index in [0.717, 1.165) is 51.0 Å². The molecule has 3 aromatic carbocycles. The van der Waals surface area contributed by atoms with Gasteiger partial charge < -0.3 is 14.4 Å². The Hall–Kier alpha value is -4.22. The van der Waals surface area contributed by atoms with E-state index < -0.39 is 8.07 Å². The first-order valence-electron chi connectivity index (χ1n) is 15.9. The summed E-state index contributed by atoms with van der Waals surface area (Å²) < 4.78 is 6.06. The van der Waals surface area contributed by atoms with Gasteiger partial charge in [0.2, 0.25) is 5.71 Å². The van der Waals surface area contributed by atoms with Gasteiger partial charge in [0.05, 0.1) is 13.7 Å². The number of hydrogen-bond donors (Lipinski definition) is 0. The molecule has 0 aliphatic carbocycles. The van der Waals surface area contributed by atoms with Crippen LogP contribution in [-0.4, -0.2) is 23.0 Å². The molecular weight excluding hydrogens is 771 g/mol. The van der Waals surface area contributed by atoms with E-state index >= 15 is 0 Å². The summed E-state index contributed by atoms with van der Waals surface area (Å²) in [5.41, 5.74) is 10.1. The Morgan fingerprint density at radius 3 is 2.30 bits per heavy atom. The summed E-state index contributed by atoms with van der Waals surface area (Å²) in [6, 6.07) is 39.7. The summed E-state index contributed by atoms with van der Waals surface area (Å²) in [6.45, 7) is 13.5. The fourth-order valence-electron chi connectivity index (χ4n) is 5.72. The Kier molecular flexibility index (Phi) is 10.7. The number of aromatic nitrogens is 3. The average molecular weight is 810 g/mol. The first-order valence-corrected chi connectivity index (χ1v) is 19.4. The maximum Gasteiger partial charge on any atom is 0.216 e. The number of hydrogen-bond acceptors (Lipinski definition) is 4. The number of fused-ring (bicyclic) bond motifs is 3. The van der Waals surface area contributed by atoms with Crippen molar-refractivity contribution < 1.29 is 24.5 Å². The molecule has 7 aromatic rings. The van der Waals surface area contributed by atoms with Crippen LogP contribution in [0.4, 0.5) is 0 Å². The van der Waals surface area contributed by atoms with Gasteiger partial charge in [0.25, 0.3) is 0 Å². The molecule has 0 aliphatic rings. The maximum absolute atomic E-state index is 6.06. The zero-order valence-corrected chi connectivity index (χ0v) is 31.2. The molecule has 6 heteroatoms. The van der Waals surface area contributed by atoms with Crippen molar-refractivity contribution in [3.63, 3.8) is 0 Å². The summed E-state index contributed by atoms with van der Waals surface area (Å²) in [5, 5.41) is 3.49. The van der Waals surface area contributed by atoms with Crippen LogP contribution in [0.5, 0.6) is 0 Å². The van der Waals surface area contributed by atoms with Gasteiger partial charge in [0, 0.05) is 43.6 Å². The van der Waals surface area contributed by atoms with Crippen molar-refractivity contribution in [1.29, 1.82) is 0 Å². The Morgan fingerprint density at radius 1 is 0.787 bits per heavy atom. The molecule has 0 spiro atoms. The van der Waals surface area contributed by atoms with Crippen LogP contribution in [0.1, 0.15) is 25.1 Å². The van der Waals surface area contributed by atoms with Crippen LogP contribution in [0, 0.1) is 25.0 Å². The smallest absolute Gasteiger partial charge is 0.216 e. The van der Waals surface area contributed by atoms with Gasteiger partial charge in [-0.1, -0.05) is 92.5 Å². The standard InChI is InChI=1S/C21H19N2O.C20H20NSi.Ir/c1-13(2)11-15-9-10-22-19(12-15)18-6-4-5-16-17-8-7-14(3)23-21(17)24-20(16)18;1-22(2,3)20-15-21-19(17-12-8-5-9-13-17)14-18(20)16-10-6-4-7-11-16;/h4-5,7-10,12-13H,11H2,1-3H3;4-12,14-15H,1-3H3;/q2*-1;. The summed E-state index contributed by atoms with van der Waals surface area (Å²) >= 11 is 0. The molecule has 1 radical (unpaired) electrons. The van der Waals surface area contributed by atoms with Gasteiger partial charge in [-0.3, -0.25) is 0 Å². The monoisotopic (exact) mass is 810 g/mol. The molecule has 4 nitrogen and oxygen atoms in total. The van der Waals surface area contributed by atoms with Crippen LogP contribution in [0.25, 0.3) is 55.7 Å². The molecule has 0 saturated heterocycles. The molecule has 0 unspecified atom stereocenters. The summed E-state index contributed by atoms with van der Waals surface area (Å²) in [7, 11) is -1.46. The van der Waals surface area contributed by atoms with Crippen molar-refractivity contribution in [3.05, 3.63) is 133 Å². The molecule has 0 N–H and O–H groups in total. The third kappa shape index (κ3) is 7.85. The first-order chi connectivity index (χ1) is 22.2. The molecule has 0 fully saturated rings. The van der Waals surface area contributed by atoms with E-state index in [4.69, 9.17) is 9.40 Å². The molecule has 0 aliphatic heterocycles. The summed E-state index contributed by atoms with van der Waals surface area (Å²) in [6.07, 6.45) is 4.97. The fourth-order valence-corrected chi connectivity index (χ4v) is 7.20. The van der Waals surface area contributed by atoms with E-state index in [0.29, 0.717) is 11.6 Å². The van der Waals surface area contributed by atoms with Crippen LogP contribution in [0.15, 0.2) is 114 Å². The van der Waals surface area contributed by atoms with Crippen molar-refractivity contribution in [2.45, 2.75) is 46.8 Å². The van der Waals surface area contributed by atoms with E-state index in [9.17, 15) is 0 Å². The van der Waals surface area contributed by atoms with Crippen LogP contribution in [0.2, 0.25) is 19.6 Å². The fraction of sp³-hybridized carbons (Fsp3) is 0.195. The molecule has 47 heavy (non-hydrogen) atoms. The number of pyridine rings is 3. The van der Waals surface area contributed by atoms with E-state index in [2.05, 4.69) is 122 Å². The minimum atomic E-state index is -1.46. The van der Waals surface area contributed by atoms with Crippen LogP contribution in [0.3, 0.4) is 0 Å². The Morgan fingerprint density at radius 2 is 1.57 bits per heavy atom. The number of rotatable bonds is 6. The topological polar surface area (TPSA) is 51.8 Å². The van der Waals surface area contributed by atoms with E-state index in [1.54, 1.807) is 0 Å². The number of aryl methyl sites for hydroxylation is 1. The number of benzene rings is 3. The molecule has 0 bridgehead atoms. The van der Waals surface area contributed by atoms with E-state index in [1.807, 2.05) is 49.5 Å². The number of furan rings is 1. The summed E-state index contributed by atoms with van der Waals surface area (Å²) in [5.74, 6) is 0.610. The van der Waals surface area contributed by atoms with Crippen molar-refractivity contribution >= 4 is 35.3 Å². The first kappa shape index (κ1) is 34.1. The maximum atomic E-state index is 6.06. The van der Waals surface area contributed by atoms with Gasteiger partial charge >= 0.3 is 0 Å². The zero-order chi connectivity index (χ0) is 32.3. The quantitative estimate of drug-likeness (QED) is 0.124. The third-order valence-corrected chi connectivity index (χ3v) is 9.96. The predicted octanol–water partition coefficient (Wildman–Crippen LogP) is 10.1. The second-order valence-electron chi connectivity index (χ2n) is 13.2. The van der Waals surface area contributed by atoms with Crippen LogP contribution in [-0.2, 0) is 26.5 Å². The Balaban J connectivity index is 0.000000181. The van der Waals surface area contributed by atoms with E-state index in [1.165, 1.54) is 21.9 Å². The molecule has 239 valence electrons. The second kappa shape index (κ2) is 14.7. The van der Waals surface area contributed by atoms with Gasteiger partial charge in [-0.2, -0.15) is 0 Å². The van der Waals surface area contributed by atoms with Gasteiger partial charge in [0.15, 0.2) is 0 Å². The Bertz CT molecular complexity index is 2100. The van der Waals surface area contributed by atoms with Gasteiger partial charge in [-0.15, -0.1) is 54.1 Å². The minimum Gasteiger partial charge on any atom is -0.486 e. The van der Waals surface area contributed by atoms with Crippen molar-refractivity contribution in [3.8, 4) is 33.6 Å². The average Bonchev–Trinajstić information content (AvgIpc) is 3.43. The molecule has 7 rings (SSSR count). The normalized spacial score (nSPS) is 11.3. The Labute approximate surface area is 292 Å². The van der Waals surface area contributed by atoms with Gasteiger partial charge in [0.1, 0.15) is 0 Å². The molecule has 0 atom stereocenters. The van der Waals surface area contributed by atoms with Crippen molar-refractivity contribution in [2.75, 3.05) is 0 Å². The predicted molar refractivity (Wildman–Crippen MR) is 194 cm³/mol. The van der Waals surface area contributed by atoms with Crippen LogP contribution >= 0.6 is 0 Å². The number of nitrogens with zero attached hydrogens (tertiary/aromatic N) is 3. The van der Waals surface area contributed by atoms with E-state index in [-0.39, 0.29) is 20.1 Å². The van der Waals surface area contributed by atoms with Crippen LogP contribution < -0.4 is 5.19 Å². The third-order valence-electron chi connectivity index (χ3n) is 7.94. The van der Waals surface area contributed by atoms with Crippen molar-refractivity contribution in [1.82, 2.24) is 15.0 Å². The zero-order valence-electron chi connectivity index (χ0n) is 27.8. The minimum absolute atomic E-state index is 0. The summed E-state index contributed by atoms with van der Waals surface area (Å²) in [4.78, 5) is 13.8. The molecule has 4 aromatic heterocycles. The largest absolute Gasteiger partial charge is 0.486 e. The second-order valence-corrected chi connectivity index (χ2v) is 18.2.